The van der Waals surface area contributed by atoms with Gasteiger partial charge in [0.15, 0.2) is 0 Å². The molecule has 0 aliphatic rings. The molecule has 134 valence electrons. The Balaban J connectivity index is 2.38. The van der Waals surface area contributed by atoms with Gasteiger partial charge in [-0.1, -0.05) is 0 Å². The van der Waals surface area contributed by atoms with E-state index >= 15 is 0 Å². The van der Waals surface area contributed by atoms with Gasteiger partial charge in [-0.25, -0.2) is 13.1 Å². The Morgan fingerprint density at radius 2 is 1.83 bits per heavy atom. The molecule has 2 aromatic rings. The zero-order valence-corrected chi connectivity index (χ0v) is 15.1. The largest absolute Gasteiger partial charge is 0.333 e. The van der Waals surface area contributed by atoms with Crippen molar-refractivity contribution in [2.45, 2.75) is 52.2 Å². The Morgan fingerprint density at radius 1 is 1.21 bits per heavy atom. The molecular formula is C14H21F2N5O2S. The summed E-state index contributed by atoms with van der Waals surface area (Å²) in [4.78, 5) is -0.175. The maximum absolute atomic E-state index is 12.9. The van der Waals surface area contributed by atoms with Crippen molar-refractivity contribution in [3.8, 4) is 0 Å². The molecule has 0 aliphatic carbocycles. The first-order valence-electron chi connectivity index (χ1n) is 7.42. The van der Waals surface area contributed by atoms with E-state index in [1.165, 1.54) is 20.9 Å². The number of alkyl halides is 2. The molecule has 0 N–H and O–H groups in total. The van der Waals surface area contributed by atoms with Gasteiger partial charge >= 0.3 is 6.55 Å². The van der Waals surface area contributed by atoms with Crippen molar-refractivity contribution in [1.29, 1.82) is 0 Å². The molecule has 0 saturated heterocycles. The fourth-order valence-corrected chi connectivity index (χ4v) is 4.07. The average molecular weight is 361 g/mol. The van der Waals surface area contributed by atoms with Crippen LogP contribution < -0.4 is 0 Å². The summed E-state index contributed by atoms with van der Waals surface area (Å²) in [6, 6.07) is 0. The molecule has 0 bridgehead atoms. The smallest absolute Gasteiger partial charge is 0.272 e. The highest BCUT2D eigenvalue weighted by Gasteiger charge is 2.30. The molecule has 0 amide bonds. The average Bonchev–Trinajstić information content (AvgIpc) is 2.99. The number of nitrogens with zero attached hydrogens (tertiary/aromatic N) is 5. The normalized spacial score (nSPS) is 12.5. The Kier molecular flexibility index (Phi) is 5.09. The van der Waals surface area contributed by atoms with Crippen LogP contribution in [0.2, 0.25) is 0 Å². The van der Waals surface area contributed by atoms with Crippen LogP contribution in [0.25, 0.3) is 0 Å². The molecule has 2 aromatic heterocycles. The van der Waals surface area contributed by atoms with Crippen LogP contribution >= 0.6 is 0 Å². The van der Waals surface area contributed by atoms with Crippen molar-refractivity contribution < 1.29 is 17.2 Å². The third-order valence-electron chi connectivity index (χ3n) is 3.88. The van der Waals surface area contributed by atoms with Gasteiger partial charge in [0, 0.05) is 31.9 Å². The van der Waals surface area contributed by atoms with Crippen molar-refractivity contribution in [3.63, 3.8) is 0 Å². The summed E-state index contributed by atoms with van der Waals surface area (Å²) in [7, 11) is -2.53. The second-order valence-electron chi connectivity index (χ2n) is 5.58. The summed E-state index contributed by atoms with van der Waals surface area (Å²) in [6.07, 6.45) is 1.78. The zero-order valence-electron chi connectivity index (χ0n) is 14.3. The maximum Gasteiger partial charge on any atom is 0.333 e. The lowest BCUT2D eigenvalue weighted by Crippen LogP contribution is -2.27. The van der Waals surface area contributed by atoms with Crippen LogP contribution in [0.1, 0.15) is 36.1 Å². The molecule has 0 radical (unpaired) electrons. The lowest BCUT2D eigenvalue weighted by molar-refractivity contribution is 0.0538. The Morgan fingerprint density at radius 3 is 2.29 bits per heavy atom. The SMILES string of the molecule is CCn1cc(CN(C)S(=O)(=O)c2c(C)nn(C(F)F)c2C)c(C)n1. The molecule has 0 fully saturated rings. The predicted molar refractivity (Wildman–Crippen MR) is 84.2 cm³/mol. The predicted octanol–water partition coefficient (Wildman–Crippen LogP) is 2.24. The summed E-state index contributed by atoms with van der Waals surface area (Å²) in [6.45, 7) is 4.36. The molecule has 0 aliphatic heterocycles. The van der Waals surface area contributed by atoms with E-state index in [9.17, 15) is 17.2 Å². The Labute approximate surface area is 139 Å². The number of hydrogen-bond acceptors (Lipinski definition) is 4. The number of aryl methyl sites for hydroxylation is 3. The van der Waals surface area contributed by atoms with Gasteiger partial charge in [0.1, 0.15) is 4.90 Å². The summed E-state index contributed by atoms with van der Waals surface area (Å²) in [5.74, 6) is 0. The van der Waals surface area contributed by atoms with Crippen molar-refractivity contribution in [2.75, 3.05) is 7.05 Å². The molecule has 24 heavy (non-hydrogen) atoms. The zero-order chi connectivity index (χ0) is 18.2. The highest BCUT2D eigenvalue weighted by atomic mass is 32.2. The number of sulfonamides is 1. The van der Waals surface area contributed by atoms with Gasteiger partial charge in [0.25, 0.3) is 0 Å². The maximum atomic E-state index is 12.9. The molecule has 2 rings (SSSR count). The molecule has 2 heterocycles. The van der Waals surface area contributed by atoms with E-state index in [1.54, 1.807) is 17.8 Å². The van der Waals surface area contributed by atoms with Crippen LogP contribution in [-0.2, 0) is 23.1 Å². The van der Waals surface area contributed by atoms with Gasteiger partial charge in [-0.15, -0.1) is 0 Å². The summed E-state index contributed by atoms with van der Waals surface area (Å²) in [5, 5.41) is 7.92. The van der Waals surface area contributed by atoms with E-state index in [-0.39, 0.29) is 22.8 Å². The highest BCUT2D eigenvalue weighted by molar-refractivity contribution is 7.89. The number of halogens is 2. The number of hydrogen-bond donors (Lipinski definition) is 0. The first-order valence-corrected chi connectivity index (χ1v) is 8.86. The minimum absolute atomic E-state index is 0.0561. The second kappa shape index (κ2) is 6.60. The summed E-state index contributed by atoms with van der Waals surface area (Å²) >= 11 is 0. The van der Waals surface area contributed by atoms with E-state index in [1.807, 2.05) is 6.92 Å². The van der Waals surface area contributed by atoms with Gasteiger partial charge in [0.2, 0.25) is 10.0 Å². The van der Waals surface area contributed by atoms with E-state index in [0.717, 1.165) is 15.6 Å². The molecule has 0 spiro atoms. The molecule has 0 aromatic carbocycles. The van der Waals surface area contributed by atoms with Gasteiger partial charge < -0.3 is 0 Å². The van der Waals surface area contributed by atoms with E-state index in [0.29, 0.717) is 11.2 Å². The third-order valence-corrected chi connectivity index (χ3v) is 5.93. The van der Waals surface area contributed by atoms with E-state index in [4.69, 9.17) is 0 Å². The molecule has 0 saturated carbocycles. The Bertz CT molecular complexity index is 842. The van der Waals surface area contributed by atoms with Crippen LogP contribution in [0.4, 0.5) is 8.78 Å². The van der Waals surface area contributed by atoms with Gasteiger partial charge in [-0.2, -0.15) is 23.3 Å². The van der Waals surface area contributed by atoms with Crippen LogP contribution in [0, 0.1) is 20.8 Å². The van der Waals surface area contributed by atoms with Gasteiger partial charge in [0.05, 0.1) is 17.1 Å². The van der Waals surface area contributed by atoms with Crippen molar-refractivity contribution in [2.24, 2.45) is 0 Å². The fourth-order valence-electron chi connectivity index (χ4n) is 2.57. The molecular weight excluding hydrogens is 340 g/mol. The monoisotopic (exact) mass is 361 g/mol. The van der Waals surface area contributed by atoms with Crippen LogP contribution in [0.3, 0.4) is 0 Å². The first-order chi connectivity index (χ1) is 11.1. The van der Waals surface area contributed by atoms with Crippen LogP contribution in [0.15, 0.2) is 11.1 Å². The minimum Gasteiger partial charge on any atom is -0.272 e. The third kappa shape index (κ3) is 3.20. The van der Waals surface area contributed by atoms with Gasteiger partial charge in [-0.3, -0.25) is 4.68 Å². The van der Waals surface area contributed by atoms with Crippen molar-refractivity contribution >= 4 is 10.0 Å². The summed E-state index contributed by atoms with van der Waals surface area (Å²) in [5.41, 5.74) is 1.48. The molecule has 10 heteroatoms. The quantitative estimate of drug-likeness (QED) is 0.791. The second-order valence-corrected chi connectivity index (χ2v) is 7.56. The summed E-state index contributed by atoms with van der Waals surface area (Å²) < 4.78 is 54.7. The first kappa shape index (κ1) is 18.5. The highest BCUT2D eigenvalue weighted by Crippen LogP contribution is 2.27. The van der Waals surface area contributed by atoms with E-state index < -0.39 is 16.6 Å². The standard InChI is InChI=1S/C14H21F2N5O2S/c1-6-20-8-12(9(2)17-20)7-19(5)24(22,23)13-10(3)18-21(11(13)4)14(15)16/h8,14H,6-7H2,1-5H3. The fraction of sp³-hybridized carbons (Fsp3) is 0.571. The number of aromatic nitrogens is 4. The van der Waals surface area contributed by atoms with Crippen LogP contribution in [-0.4, -0.2) is 39.3 Å². The van der Waals surface area contributed by atoms with Crippen molar-refractivity contribution in [1.82, 2.24) is 23.9 Å². The molecule has 7 nitrogen and oxygen atoms in total. The topological polar surface area (TPSA) is 73.0 Å². The Hall–Kier alpha value is -1.81. The van der Waals surface area contributed by atoms with Gasteiger partial charge in [-0.05, 0) is 27.7 Å². The van der Waals surface area contributed by atoms with E-state index in [2.05, 4.69) is 10.2 Å². The number of rotatable bonds is 6. The lowest BCUT2D eigenvalue weighted by Gasteiger charge is -2.17. The molecule has 0 atom stereocenters. The van der Waals surface area contributed by atoms with Crippen molar-refractivity contribution in [3.05, 3.63) is 28.8 Å². The lowest BCUT2D eigenvalue weighted by atomic mass is 10.3. The molecule has 0 unspecified atom stereocenters. The van der Waals surface area contributed by atoms with Crippen LogP contribution in [0.5, 0.6) is 0 Å². The minimum atomic E-state index is -3.95.